The lowest BCUT2D eigenvalue weighted by atomic mass is 9.88. The molecule has 0 aromatic heterocycles. The standard InChI is InChI=1S/C21H39N5O.HI/c1-3-25-12-7-8-17(15-25)14-23-21(22-2)24-19-11-13-26(16-19)20(27)18-9-5-4-6-10-18;/h17-19H,3-16H2,1-2H3,(H2,22,23,24);1H. The lowest BCUT2D eigenvalue weighted by Gasteiger charge is -2.32. The quantitative estimate of drug-likeness (QED) is 0.343. The van der Waals surface area contributed by atoms with Crippen molar-refractivity contribution in [1.29, 1.82) is 0 Å². The number of likely N-dealkylation sites (tertiary alicyclic amines) is 2. The van der Waals surface area contributed by atoms with Crippen molar-refractivity contribution in [3.63, 3.8) is 0 Å². The first-order valence-corrected chi connectivity index (χ1v) is 11.2. The van der Waals surface area contributed by atoms with E-state index in [4.69, 9.17) is 0 Å². The minimum Gasteiger partial charge on any atom is -0.356 e. The third kappa shape index (κ3) is 6.75. The molecule has 2 saturated heterocycles. The molecule has 3 fully saturated rings. The van der Waals surface area contributed by atoms with Crippen LogP contribution in [0.4, 0.5) is 0 Å². The summed E-state index contributed by atoms with van der Waals surface area (Å²) in [6.45, 7) is 8.52. The number of nitrogens with zero attached hydrogens (tertiary/aromatic N) is 3. The Bertz CT molecular complexity index is 509. The van der Waals surface area contributed by atoms with Gasteiger partial charge in [-0.2, -0.15) is 0 Å². The Balaban J connectivity index is 0.00000280. The van der Waals surface area contributed by atoms with E-state index in [1.165, 1.54) is 45.2 Å². The Labute approximate surface area is 188 Å². The Morgan fingerprint density at radius 1 is 1.04 bits per heavy atom. The maximum absolute atomic E-state index is 12.7. The third-order valence-corrected chi connectivity index (χ3v) is 6.63. The van der Waals surface area contributed by atoms with E-state index in [-0.39, 0.29) is 29.9 Å². The molecule has 0 radical (unpaired) electrons. The molecule has 0 spiro atoms. The first kappa shape index (κ1) is 23.7. The maximum atomic E-state index is 12.7. The zero-order valence-corrected chi connectivity index (χ0v) is 20.1. The molecule has 2 N–H and O–H groups in total. The van der Waals surface area contributed by atoms with Crippen molar-refractivity contribution < 1.29 is 4.79 Å². The van der Waals surface area contributed by atoms with Gasteiger partial charge in [-0.05, 0) is 51.1 Å². The summed E-state index contributed by atoms with van der Waals surface area (Å²) in [6.07, 6.45) is 9.54. The van der Waals surface area contributed by atoms with Crippen LogP contribution in [0.1, 0.15) is 58.3 Å². The number of guanidine groups is 1. The van der Waals surface area contributed by atoms with E-state index in [9.17, 15) is 4.79 Å². The summed E-state index contributed by atoms with van der Waals surface area (Å²) >= 11 is 0. The van der Waals surface area contributed by atoms with E-state index < -0.39 is 0 Å². The number of aliphatic imine (C=N–C) groups is 1. The first-order chi connectivity index (χ1) is 13.2. The van der Waals surface area contributed by atoms with Gasteiger partial charge in [0.05, 0.1) is 0 Å². The molecule has 1 saturated carbocycles. The molecule has 2 atom stereocenters. The predicted molar refractivity (Wildman–Crippen MR) is 126 cm³/mol. The fourth-order valence-corrected chi connectivity index (χ4v) is 4.92. The zero-order valence-electron chi connectivity index (χ0n) is 17.8. The molecule has 0 aromatic carbocycles. The highest BCUT2D eigenvalue weighted by Gasteiger charge is 2.31. The van der Waals surface area contributed by atoms with E-state index in [1.807, 2.05) is 7.05 Å². The van der Waals surface area contributed by atoms with E-state index in [0.29, 0.717) is 17.9 Å². The molecular formula is C21H40IN5O. The fraction of sp³-hybridized carbons (Fsp3) is 0.905. The van der Waals surface area contributed by atoms with Gasteiger partial charge >= 0.3 is 0 Å². The molecular weight excluding hydrogens is 465 g/mol. The molecule has 1 aliphatic carbocycles. The van der Waals surface area contributed by atoms with E-state index in [2.05, 4.69) is 32.3 Å². The largest absolute Gasteiger partial charge is 0.356 e. The second-order valence-corrected chi connectivity index (χ2v) is 8.60. The van der Waals surface area contributed by atoms with Crippen molar-refractivity contribution in [1.82, 2.24) is 20.4 Å². The minimum atomic E-state index is 0. The van der Waals surface area contributed by atoms with Crippen molar-refractivity contribution in [2.24, 2.45) is 16.8 Å². The molecule has 162 valence electrons. The Kier molecular flexibility index (Phi) is 10.3. The summed E-state index contributed by atoms with van der Waals surface area (Å²) in [7, 11) is 1.84. The number of piperidine rings is 1. The lowest BCUT2D eigenvalue weighted by molar-refractivity contribution is -0.135. The van der Waals surface area contributed by atoms with Crippen LogP contribution in [-0.4, -0.2) is 74.0 Å². The van der Waals surface area contributed by atoms with Gasteiger partial charge in [-0.25, -0.2) is 0 Å². The summed E-state index contributed by atoms with van der Waals surface area (Å²) in [4.78, 5) is 21.8. The van der Waals surface area contributed by atoms with Gasteiger partial charge in [0.25, 0.3) is 0 Å². The van der Waals surface area contributed by atoms with E-state index in [1.54, 1.807) is 0 Å². The molecule has 2 aliphatic heterocycles. The van der Waals surface area contributed by atoms with E-state index >= 15 is 0 Å². The molecule has 0 bridgehead atoms. The lowest BCUT2D eigenvalue weighted by Crippen LogP contribution is -2.48. The number of nitrogens with one attached hydrogen (secondary N) is 2. The van der Waals surface area contributed by atoms with Crippen LogP contribution in [0.2, 0.25) is 0 Å². The fourth-order valence-electron chi connectivity index (χ4n) is 4.92. The average Bonchev–Trinajstić information content (AvgIpc) is 3.19. The van der Waals surface area contributed by atoms with Crippen LogP contribution in [0.5, 0.6) is 0 Å². The SMILES string of the molecule is CCN1CCCC(CNC(=NC)NC2CCN(C(=O)C3CCCCC3)C2)C1.I. The Morgan fingerprint density at radius 2 is 1.82 bits per heavy atom. The van der Waals surface area contributed by atoms with Gasteiger partial charge in [-0.1, -0.05) is 26.2 Å². The number of halogens is 1. The van der Waals surface area contributed by atoms with Crippen LogP contribution in [0, 0.1) is 11.8 Å². The van der Waals surface area contributed by atoms with Crippen LogP contribution in [0.15, 0.2) is 4.99 Å². The topological polar surface area (TPSA) is 60.0 Å². The van der Waals surface area contributed by atoms with Crippen LogP contribution < -0.4 is 10.6 Å². The Morgan fingerprint density at radius 3 is 2.54 bits per heavy atom. The highest BCUT2D eigenvalue weighted by Crippen LogP contribution is 2.26. The molecule has 2 unspecified atom stereocenters. The van der Waals surface area contributed by atoms with Crippen LogP contribution in [-0.2, 0) is 4.79 Å². The van der Waals surface area contributed by atoms with E-state index in [0.717, 1.165) is 51.4 Å². The number of amides is 1. The highest BCUT2D eigenvalue weighted by molar-refractivity contribution is 14.0. The Hall–Kier alpha value is -0.570. The third-order valence-electron chi connectivity index (χ3n) is 6.63. The van der Waals surface area contributed by atoms with Crippen molar-refractivity contribution in [2.75, 3.05) is 46.3 Å². The minimum absolute atomic E-state index is 0. The molecule has 6 nitrogen and oxygen atoms in total. The van der Waals surface area contributed by atoms with Crippen LogP contribution in [0.3, 0.4) is 0 Å². The van der Waals surface area contributed by atoms with Crippen molar-refractivity contribution in [2.45, 2.75) is 64.3 Å². The smallest absolute Gasteiger partial charge is 0.225 e. The number of hydrogen-bond donors (Lipinski definition) is 2. The number of rotatable bonds is 5. The first-order valence-electron chi connectivity index (χ1n) is 11.2. The number of carbonyl (C=O) groups excluding carboxylic acids is 1. The van der Waals surface area contributed by atoms with Gasteiger partial charge in [0.15, 0.2) is 5.96 Å². The van der Waals surface area contributed by atoms with Gasteiger partial charge in [0.2, 0.25) is 5.91 Å². The summed E-state index contributed by atoms with van der Waals surface area (Å²) in [5.74, 6) is 2.26. The van der Waals surface area contributed by atoms with Gasteiger partial charge in [-0.3, -0.25) is 9.79 Å². The van der Waals surface area contributed by atoms with Crippen molar-refractivity contribution >= 4 is 35.8 Å². The van der Waals surface area contributed by atoms with Crippen molar-refractivity contribution in [3.8, 4) is 0 Å². The summed E-state index contributed by atoms with van der Waals surface area (Å²) in [6, 6.07) is 0.322. The van der Waals surface area contributed by atoms with Crippen molar-refractivity contribution in [3.05, 3.63) is 0 Å². The molecule has 7 heteroatoms. The summed E-state index contributed by atoms with van der Waals surface area (Å²) in [5, 5.41) is 7.08. The van der Waals surface area contributed by atoms with Gasteiger partial charge in [0, 0.05) is 45.2 Å². The van der Waals surface area contributed by atoms with Gasteiger partial charge in [0.1, 0.15) is 0 Å². The zero-order chi connectivity index (χ0) is 19.1. The summed E-state index contributed by atoms with van der Waals surface area (Å²) < 4.78 is 0. The second kappa shape index (κ2) is 12.2. The second-order valence-electron chi connectivity index (χ2n) is 8.60. The molecule has 0 aromatic rings. The number of hydrogen-bond acceptors (Lipinski definition) is 3. The normalized spacial score (nSPS) is 27.4. The number of carbonyl (C=O) groups is 1. The molecule has 3 rings (SSSR count). The van der Waals surface area contributed by atoms with Crippen LogP contribution in [0.25, 0.3) is 0 Å². The van der Waals surface area contributed by atoms with Gasteiger partial charge < -0.3 is 20.4 Å². The van der Waals surface area contributed by atoms with Crippen LogP contribution >= 0.6 is 24.0 Å². The maximum Gasteiger partial charge on any atom is 0.225 e. The predicted octanol–water partition coefficient (Wildman–Crippen LogP) is 2.68. The average molecular weight is 505 g/mol. The molecule has 1 amide bonds. The molecule has 2 heterocycles. The summed E-state index contributed by atoms with van der Waals surface area (Å²) in [5.41, 5.74) is 0. The molecule has 3 aliphatic rings. The van der Waals surface area contributed by atoms with Gasteiger partial charge in [-0.15, -0.1) is 24.0 Å². The molecule has 28 heavy (non-hydrogen) atoms. The monoisotopic (exact) mass is 505 g/mol. The highest BCUT2D eigenvalue weighted by atomic mass is 127.